The average Bonchev–Trinajstić information content (AvgIpc) is 2.67. The van der Waals surface area contributed by atoms with Crippen LogP contribution in [0.5, 0.6) is 17.2 Å². The number of hydrogen-bond donors (Lipinski definition) is 0. The third-order valence-corrected chi connectivity index (χ3v) is 4.22. The lowest BCUT2D eigenvalue weighted by Crippen LogP contribution is -2.24. The van der Waals surface area contributed by atoms with E-state index in [1.807, 2.05) is 19.1 Å². The summed E-state index contributed by atoms with van der Waals surface area (Å²) in [7, 11) is 6.27. The summed E-state index contributed by atoms with van der Waals surface area (Å²) >= 11 is 0. The summed E-state index contributed by atoms with van der Waals surface area (Å²) in [6.07, 6.45) is 2.99. The number of rotatable bonds is 7. The lowest BCUT2D eigenvalue weighted by atomic mass is 10.1. The van der Waals surface area contributed by atoms with Gasteiger partial charge >= 0.3 is 0 Å². The number of amides is 1. The lowest BCUT2D eigenvalue weighted by Gasteiger charge is -2.18. The molecule has 0 bridgehead atoms. The summed E-state index contributed by atoms with van der Waals surface area (Å²) in [5.41, 5.74) is 2.53. The number of halogens is 1. The van der Waals surface area contributed by atoms with E-state index in [0.29, 0.717) is 23.6 Å². The van der Waals surface area contributed by atoms with Gasteiger partial charge in [-0.1, -0.05) is 6.07 Å². The van der Waals surface area contributed by atoms with Crippen molar-refractivity contribution in [2.45, 2.75) is 13.5 Å². The molecule has 27 heavy (non-hydrogen) atoms. The topological polar surface area (TPSA) is 48.0 Å². The van der Waals surface area contributed by atoms with E-state index in [1.54, 1.807) is 38.3 Å². The number of benzene rings is 2. The molecule has 0 aliphatic carbocycles. The first-order chi connectivity index (χ1) is 12.9. The van der Waals surface area contributed by atoms with E-state index < -0.39 is 5.82 Å². The molecule has 0 N–H and O–H groups in total. The standard InChI is InChI=1S/C21H24FNO4/c1-14-10-19(26-4)20(27-5)12-16(14)13-23(2)21(24)9-7-15-6-8-18(25-3)17(22)11-15/h6-12H,13H2,1-5H3/b9-7+. The van der Waals surface area contributed by atoms with Crippen LogP contribution < -0.4 is 14.2 Å². The Morgan fingerprint density at radius 2 is 1.67 bits per heavy atom. The number of nitrogens with zero attached hydrogens (tertiary/aromatic N) is 1. The number of aryl methyl sites for hydroxylation is 1. The van der Waals surface area contributed by atoms with E-state index in [2.05, 4.69) is 0 Å². The second-order valence-corrected chi connectivity index (χ2v) is 6.06. The van der Waals surface area contributed by atoms with Crippen molar-refractivity contribution < 1.29 is 23.4 Å². The summed E-state index contributed by atoms with van der Waals surface area (Å²) in [6.45, 7) is 2.36. The van der Waals surface area contributed by atoms with Crippen molar-refractivity contribution in [1.29, 1.82) is 0 Å². The second kappa shape index (κ2) is 9.07. The van der Waals surface area contributed by atoms with Crippen molar-refractivity contribution in [1.82, 2.24) is 4.90 Å². The predicted molar refractivity (Wildman–Crippen MR) is 103 cm³/mol. The summed E-state index contributed by atoms with van der Waals surface area (Å²) in [6, 6.07) is 8.27. The van der Waals surface area contributed by atoms with Gasteiger partial charge in [0, 0.05) is 19.7 Å². The van der Waals surface area contributed by atoms with Gasteiger partial charge in [0.05, 0.1) is 21.3 Å². The van der Waals surface area contributed by atoms with Crippen LogP contribution >= 0.6 is 0 Å². The van der Waals surface area contributed by atoms with Crippen molar-refractivity contribution >= 4 is 12.0 Å². The molecule has 0 saturated heterocycles. The Hall–Kier alpha value is -3.02. The van der Waals surface area contributed by atoms with E-state index in [-0.39, 0.29) is 11.7 Å². The molecule has 2 aromatic rings. The molecule has 0 fully saturated rings. The highest BCUT2D eigenvalue weighted by atomic mass is 19.1. The Balaban J connectivity index is 2.10. The summed E-state index contributed by atoms with van der Waals surface area (Å²) in [5.74, 6) is 0.763. The van der Waals surface area contributed by atoms with E-state index in [1.165, 1.54) is 25.3 Å². The molecule has 2 aromatic carbocycles. The van der Waals surface area contributed by atoms with E-state index in [9.17, 15) is 9.18 Å². The SMILES string of the molecule is COc1ccc(/C=C/C(=O)N(C)Cc2cc(OC)c(OC)cc2C)cc1F. The molecule has 0 aromatic heterocycles. The number of carbonyl (C=O) groups is 1. The van der Waals surface area contributed by atoms with Gasteiger partial charge in [-0.05, 0) is 54.0 Å². The van der Waals surface area contributed by atoms with Crippen LogP contribution in [0.25, 0.3) is 6.08 Å². The first kappa shape index (κ1) is 20.3. The Bertz CT molecular complexity index is 848. The molecule has 0 aliphatic rings. The van der Waals surface area contributed by atoms with E-state index in [0.717, 1.165) is 11.1 Å². The van der Waals surface area contributed by atoms with Gasteiger partial charge < -0.3 is 19.1 Å². The van der Waals surface area contributed by atoms with Gasteiger partial charge in [0.25, 0.3) is 0 Å². The minimum atomic E-state index is -0.471. The molecule has 0 heterocycles. The molecule has 0 saturated carbocycles. The fourth-order valence-corrected chi connectivity index (χ4v) is 2.61. The number of methoxy groups -OCH3 is 3. The molecule has 0 spiro atoms. The first-order valence-corrected chi connectivity index (χ1v) is 8.37. The number of hydrogen-bond acceptors (Lipinski definition) is 4. The van der Waals surface area contributed by atoms with Crippen LogP contribution in [0.15, 0.2) is 36.4 Å². The molecule has 5 nitrogen and oxygen atoms in total. The van der Waals surface area contributed by atoms with Crippen LogP contribution in [-0.4, -0.2) is 39.2 Å². The molecule has 0 aliphatic heterocycles. The highest BCUT2D eigenvalue weighted by molar-refractivity contribution is 5.91. The molecule has 144 valence electrons. The zero-order valence-corrected chi connectivity index (χ0v) is 16.2. The molecule has 0 radical (unpaired) electrons. The van der Waals surface area contributed by atoms with Gasteiger partial charge in [-0.25, -0.2) is 4.39 Å². The van der Waals surface area contributed by atoms with Gasteiger partial charge in [0.1, 0.15) is 0 Å². The maximum atomic E-state index is 13.7. The molecule has 1 amide bonds. The Labute approximate surface area is 159 Å². The smallest absolute Gasteiger partial charge is 0.246 e. The van der Waals surface area contributed by atoms with E-state index in [4.69, 9.17) is 14.2 Å². The normalized spacial score (nSPS) is 10.7. The number of likely N-dealkylation sites (N-methyl/N-ethyl adjacent to an activating group) is 1. The van der Waals surface area contributed by atoms with Crippen LogP contribution in [0.3, 0.4) is 0 Å². The van der Waals surface area contributed by atoms with Crippen LogP contribution in [0.2, 0.25) is 0 Å². The molecule has 6 heteroatoms. The summed E-state index contributed by atoms with van der Waals surface area (Å²) in [5, 5.41) is 0. The predicted octanol–water partition coefficient (Wildman–Crippen LogP) is 3.83. The quantitative estimate of drug-likeness (QED) is 0.692. The summed E-state index contributed by atoms with van der Waals surface area (Å²) in [4.78, 5) is 14.0. The molecular weight excluding hydrogens is 349 g/mol. The lowest BCUT2D eigenvalue weighted by molar-refractivity contribution is -0.125. The molecule has 2 rings (SSSR count). The fraction of sp³-hybridized carbons (Fsp3) is 0.286. The first-order valence-electron chi connectivity index (χ1n) is 8.37. The maximum absolute atomic E-state index is 13.7. The minimum absolute atomic E-state index is 0.166. The monoisotopic (exact) mass is 373 g/mol. The number of ether oxygens (including phenoxy) is 3. The maximum Gasteiger partial charge on any atom is 0.246 e. The third kappa shape index (κ3) is 5.00. The Kier molecular flexibility index (Phi) is 6.82. The van der Waals surface area contributed by atoms with Gasteiger partial charge in [-0.2, -0.15) is 0 Å². The Morgan fingerprint density at radius 3 is 2.26 bits per heavy atom. The van der Waals surface area contributed by atoms with Crippen LogP contribution in [-0.2, 0) is 11.3 Å². The van der Waals surface area contributed by atoms with Crippen molar-refractivity contribution in [3.05, 3.63) is 58.9 Å². The van der Waals surface area contributed by atoms with Gasteiger partial charge in [-0.15, -0.1) is 0 Å². The molecule has 0 unspecified atom stereocenters. The Morgan fingerprint density at radius 1 is 1.04 bits per heavy atom. The zero-order chi connectivity index (χ0) is 20.0. The van der Waals surface area contributed by atoms with Crippen molar-refractivity contribution in [3.63, 3.8) is 0 Å². The van der Waals surface area contributed by atoms with Crippen molar-refractivity contribution in [2.24, 2.45) is 0 Å². The van der Waals surface area contributed by atoms with Crippen molar-refractivity contribution in [3.8, 4) is 17.2 Å². The minimum Gasteiger partial charge on any atom is -0.494 e. The highest BCUT2D eigenvalue weighted by Crippen LogP contribution is 2.30. The average molecular weight is 373 g/mol. The van der Waals surface area contributed by atoms with Crippen LogP contribution in [0.1, 0.15) is 16.7 Å². The summed E-state index contributed by atoms with van der Waals surface area (Å²) < 4.78 is 29.2. The fourth-order valence-electron chi connectivity index (χ4n) is 2.61. The van der Waals surface area contributed by atoms with Gasteiger partial charge in [-0.3, -0.25) is 4.79 Å². The van der Waals surface area contributed by atoms with E-state index >= 15 is 0 Å². The zero-order valence-electron chi connectivity index (χ0n) is 16.2. The number of carbonyl (C=O) groups excluding carboxylic acids is 1. The van der Waals surface area contributed by atoms with Crippen LogP contribution in [0.4, 0.5) is 4.39 Å². The second-order valence-electron chi connectivity index (χ2n) is 6.06. The molecular formula is C21H24FNO4. The van der Waals surface area contributed by atoms with Gasteiger partial charge in [0.2, 0.25) is 5.91 Å². The third-order valence-electron chi connectivity index (χ3n) is 4.22. The highest BCUT2D eigenvalue weighted by Gasteiger charge is 2.12. The van der Waals surface area contributed by atoms with Crippen LogP contribution in [0, 0.1) is 12.7 Å². The van der Waals surface area contributed by atoms with Crippen molar-refractivity contribution in [2.75, 3.05) is 28.4 Å². The largest absolute Gasteiger partial charge is 0.494 e. The molecule has 0 atom stereocenters. The van der Waals surface area contributed by atoms with Gasteiger partial charge in [0.15, 0.2) is 23.1 Å².